The molecule has 0 spiro atoms. The van der Waals surface area contributed by atoms with Crippen LogP contribution in [-0.2, 0) is 20.9 Å². The molecule has 1 aliphatic carbocycles. The van der Waals surface area contributed by atoms with E-state index in [1.54, 1.807) is 7.11 Å². The van der Waals surface area contributed by atoms with E-state index in [-0.39, 0.29) is 36.8 Å². The van der Waals surface area contributed by atoms with Crippen LogP contribution in [-0.4, -0.2) is 48.2 Å². The Balaban J connectivity index is 1.46. The van der Waals surface area contributed by atoms with Gasteiger partial charge in [0.15, 0.2) is 0 Å². The fourth-order valence-corrected chi connectivity index (χ4v) is 3.35. The lowest BCUT2D eigenvalue weighted by Gasteiger charge is -2.19. The van der Waals surface area contributed by atoms with E-state index in [1.165, 1.54) is 4.90 Å². The first-order valence-electron chi connectivity index (χ1n) is 8.49. The van der Waals surface area contributed by atoms with Gasteiger partial charge in [-0.2, -0.15) is 0 Å². The first kappa shape index (κ1) is 17.6. The molecule has 134 valence electrons. The molecule has 3 rings (SSSR count). The maximum absolute atomic E-state index is 12.3. The summed E-state index contributed by atoms with van der Waals surface area (Å²) >= 11 is 0. The number of fused-ring (bicyclic) bond motifs is 1. The van der Waals surface area contributed by atoms with Crippen LogP contribution in [0.1, 0.15) is 18.4 Å². The van der Waals surface area contributed by atoms with Gasteiger partial charge in [-0.3, -0.25) is 14.5 Å². The quantitative estimate of drug-likeness (QED) is 0.599. The molecule has 1 saturated heterocycles. The number of carbonyl (C=O) groups is 2. The van der Waals surface area contributed by atoms with Crippen LogP contribution in [0.3, 0.4) is 0 Å². The number of hydrogen-bond acceptors (Lipinski definition) is 5. The molecule has 0 radical (unpaired) electrons. The summed E-state index contributed by atoms with van der Waals surface area (Å²) in [6, 6.07) is 7.45. The molecule has 2 aliphatic rings. The number of β-amino-alcohol motifs (C(OH)–C–C–N with tert-alkyl or cyclic N) is 1. The molecular formula is C19H23NO5. The van der Waals surface area contributed by atoms with Crippen LogP contribution in [0.25, 0.3) is 0 Å². The van der Waals surface area contributed by atoms with E-state index in [0.717, 1.165) is 11.3 Å². The van der Waals surface area contributed by atoms with Crippen LogP contribution < -0.4 is 4.74 Å². The van der Waals surface area contributed by atoms with Crippen molar-refractivity contribution in [1.29, 1.82) is 0 Å². The van der Waals surface area contributed by atoms with Crippen molar-refractivity contribution in [2.75, 3.05) is 20.3 Å². The Labute approximate surface area is 147 Å². The minimum absolute atomic E-state index is 0.00667. The van der Waals surface area contributed by atoms with E-state index in [4.69, 9.17) is 9.47 Å². The molecular weight excluding hydrogens is 322 g/mol. The van der Waals surface area contributed by atoms with Gasteiger partial charge in [0.25, 0.3) is 0 Å². The van der Waals surface area contributed by atoms with Crippen molar-refractivity contribution in [3.8, 4) is 5.75 Å². The zero-order valence-electron chi connectivity index (χ0n) is 14.3. The number of carbonyl (C=O) groups excluding carboxylic acids is 2. The Hall–Kier alpha value is -2.18. The highest BCUT2D eigenvalue weighted by atomic mass is 16.5. The first-order chi connectivity index (χ1) is 12.1. The maximum Gasteiger partial charge on any atom is 0.233 e. The lowest BCUT2D eigenvalue weighted by Crippen LogP contribution is -2.39. The monoisotopic (exact) mass is 345 g/mol. The Morgan fingerprint density at radius 1 is 1.12 bits per heavy atom. The van der Waals surface area contributed by atoms with Crippen LogP contribution in [0, 0.1) is 11.8 Å². The molecule has 1 N–H and O–H groups in total. The highest BCUT2D eigenvalue weighted by Gasteiger charge is 2.47. The van der Waals surface area contributed by atoms with Crippen molar-refractivity contribution < 1.29 is 24.2 Å². The Morgan fingerprint density at radius 2 is 1.72 bits per heavy atom. The van der Waals surface area contributed by atoms with Crippen LogP contribution >= 0.6 is 0 Å². The second kappa shape index (κ2) is 7.80. The standard InChI is InChI=1S/C19H23NO5/c1-24-15-8-6-13(7-9-15)11-25-12-14(21)10-20-18(22)16-4-2-3-5-17(16)19(20)23/h2-3,6-9,14,16-17,21H,4-5,10-12H2,1H3/t14-,16+,17+/m1/s1. The number of rotatable bonds is 7. The first-order valence-corrected chi connectivity index (χ1v) is 8.49. The SMILES string of the molecule is COc1ccc(COC[C@H](O)CN2C(=O)[C@H]3CC=CC[C@@H]3C2=O)cc1. The second-order valence-electron chi connectivity index (χ2n) is 6.46. The molecule has 3 atom stereocenters. The van der Waals surface area contributed by atoms with Gasteiger partial charge < -0.3 is 14.6 Å². The van der Waals surface area contributed by atoms with Crippen molar-refractivity contribution in [2.45, 2.75) is 25.6 Å². The normalized spacial score (nSPS) is 23.7. The van der Waals surface area contributed by atoms with E-state index < -0.39 is 6.10 Å². The predicted molar refractivity (Wildman–Crippen MR) is 90.7 cm³/mol. The molecule has 0 unspecified atom stereocenters. The number of allylic oxidation sites excluding steroid dienone is 2. The van der Waals surface area contributed by atoms with Gasteiger partial charge in [0, 0.05) is 0 Å². The number of amides is 2. The Kier molecular flexibility index (Phi) is 5.50. The minimum Gasteiger partial charge on any atom is -0.497 e. The van der Waals surface area contributed by atoms with Gasteiger partial charge in [-0.25, -0.2) is 0 Å². The molecule has 0 aromatic heterocycles. The van der Waals surface area contributed by atoms with Crippen molar-refractivity contribution in [3.63, 3.8) is 0 Å². The van der Waals surface area contributed by atoms with Crippen LogP contribution in [0.2, 0.25) is 0 Å². The van der Waals surface area contributed by atoms with Gasteiger partial charge in [0.05, 0.1) is 44.8 Å². The summed E-state index contributed by atoms with van der Waals surface area (Å²) < 4.78 is 10.6. The average Bonchev–Trinajstić information content (AvgIpc) is 2.88. The average molecular weight is 345 g/mol. The van der Waals surface area contributed by atoms with Gasteiger partial charge in [-0.05, 0) is 30.5 Å². The van der Waals surface area contributed by atoms with E-state index in [0.29, 0.717) is 19.4 Å². The summed E-state index contributed by atoms with van der Waals surface area (Å²) in [5.41, 5.74) is 0.957. The molecule has 1 heterocycles. The number of likely N-dealkylation sites (tertiary alicyclic amines) is 1. The van der Waals surface area contributed by atoms with Gasteiger partial charge >= 0.3 is 0 Å². The number of methoxy groups -OCH3 is 1. The zero-order valence-corrected chi connectivity index (χ0v) is 14.3. The van der Waals surface area contributed by atoms with Crippen LogP contribution in [0.5, 0.6) is 5.75 Å². The molecule has 1 aromatic rings. The number of ether oxygens (including phenoxy) is 2. The molecule has 0 bridgehead atoms. The van der Waals surface area contributed by atoms with Crippen molar-refractivity contribution in [2.24, 2.45) is 11.8 Å². The fraction of sp³-hybridized carbons (Fsp3) is 0.474. The molecule has 1 aromatic carbocycles. The van der Waals surface area contributed by atoms with E-state index in [9.17, 15) is 14.7 Å². The van der Waals surface area contributed by atoms with E-state index in [1.807, 2.05) is 36.4 Å². The van der Waals surface area contributed by atoms with E-state index >= 15 is 0 Å². The number of hydrogen-bond donors (Lipinski definition) is 1. The number of imide groups is 1. The lowest BCUT2D eigenvalue weighted by molar-refractivity contribution is -0.142. The van der Waals surface area contributed by atoms with Crippen molar-refractivity contribution in [1.82, 2.24) is 4.90 Å². The number of aliphatic hydroxyl groups excluding tert-OH is 1. The number of aliphatic hydroxyl groups is 1. The molecule has 25 heavy (non-hydrogen) atoms. The molecule has 1 aliphatic heterocycles. The highest BCUT2D eigenvalue weighted by Crippen LogP contribution is 2.35. The fourth-order valence-electron chi connectivity index (χ4n) is 3.35. The summed E-state index contributed by atoms with van der Waals surface area (Å²) in [5, 5.41) is 10.1. The topological polar surface area (TPSA) is 76.1 Å². The summed E-state index contributed by atoms with van der Waals surface area (Å²) in [6.45, 7) is 0.405. The Bertz CT molecular complexity index is 628. The maximum atomic E-state index is 12.3. The van der Waals surface area contributed by atoms with Gasteiger partial charge in [0.1, 0.15) is 5.75 Å². The third-order valence-electron chi connectivity index (χ3n) is 4.73. The van der Waals surface area contributed by atoms with E-state index in [2.05, 4.69) is 0 Å². The van der Waals surface area contributed by atoms with Gasteiger partial charge in [-0.1, -0.05) is 24.3 Å². The van der Waals surface area contributed by atoms with Gasteiger partial charge in [0.2, 0.25) is 11.8 Å². The molecule has 6 heteroatoms. The van der Waals surface area contributed by atoms with Crippen LogP contribution in [0.15, 0.2) is 36.4 Å². The molecule has 2 amide bonds. The summed E-state index contributed by atoms with van der Waals surface area (Å²) in [5.74, 6) is -0.0947. The molecule has 1 fully saturated rings. The second-order valence-corrected chi connectivity index (χ2v) is 6.46. The lowest BCUT2D eigenvalue weighted by atomic mass is 9.85. The summed E-state index contributed by atoms with van der Waals surface area (Å²) in [4.78, 5) is 25.9. The molecule has 0 saturated carbocycles. The summed E-state index contributed by atoms with van der Waals surface area (Å²) in [6.07, 6.45) is 4.22. The summed E-state index contributed by atoms with van der Waals surface area (Å²) in [7, 11) is 1.61. The van der Waals surface area contributed by atoms with Crippen molar-refractivity contribution in [3.05, 3.63) is 42.0 Å². The van der Waals surface area contributed by atoms with Gasteiger partial charge in [-0.15, -0.1) is 0 Å². The zero-order chi connectivity index (χ0) is 17.8. The Morgan fingerprint density at radius 3 is 2.28 bits per heavy atom. The third-order valence-corrected chi connectivity index (χ3v) is 4.73. The number of nitrogens with zero attached hydrogens (tertiary/aromatic N) is 1. The third kappa shape index (κ3) is 3.91. The highest BCUT2D eigenvalue weighted by molar-refractivity contribution is 6.05. The van der Waals surface area contributed by atoms with Crippen LogP contribution in [0.4, 0.5) is 0 Å². The predicted octanol–water partition coefficient (Wildman–Crippen LogP) is 1.52. The molecule has 6 nitrogen and oxygen atoms in total. The smallest absolute Gasteiger partial charge is 0.233 e. The largest absolute Gasteiger partial charge is 0.497 e. The van der Waals surface area contributed by atoms with Crippen molar-refractivity contribution >= 4 is 11.8 Å². The number of benzene rings is 1. The minimum atomic E-state index is -0.890.